The third-order valence-corrected chi connectivity index (χ3v) is 2.93. The fourth-order valence-corrected chi connectivity index (χ4v) is 1.87. The molecule has 2 rings (SSSR count). The van der Waals surface area contributed by atoms with E-state index in [-0.39, 0.29) is 0 Å². The molecular formula is C13H17N3O. The molecule has 4 heteroatoms. The van der Waals surface area contributed by atoms with Crippen molar-refractivity contribution in [3.63, 3.8) is 0 Å². The number of hydrogen-bond donors (Lipinski definition) is 1. The highest BCUT2D eigenvalue weighted by molar-refractivity contribution is 5.70. The zero-order valence-corrected chi connectivity index (χ0v) is 10.6. The zero-order chi connectivity index (χ0) is 12.6. The first-order valence-electron chi connectivity index (χ1n) is 5.50. The summed E-state index contributed by atoms with van der Waals surface area (Å²) < 4.78 is 5.19. The second-order valence-corrected chi connectivity index (χ2v) is 4.45. The number of nitrogen functional groups attached to an aromatic ring is 1. The first-order chi connectivity index (χ1) is 7.99. The van der Waals surface area contributed by atoms with Crippen molar-refractivity contribution in [1.82, 2.24) is 5.16 Å². The van der Waals surface area contributed by atoms with Gasteiger partial charge < -0.3 is 15.2 Å². The van der Waals surface area contributed by atoms with Crippen LogP contribution in [0.15, 0.2) is 22.7 Å². The van der Waals surface area contributed by atoms with Crippen molar-refractivity contribution in [3.05, 3.63) is 29.3 Å². The number of anilines is 2. The van der Waals surface area contributed by atoms with Crippen molar-refractivity contribution in [3.8, 4) is 11.3 Å². The molecule has 17 heavy (non-hydrogen) atoms. The molecule has 0 aliphatic carbocycles. The van der Waals surface area contributed by atoms with Gasteiger partial charge in [-0.2, -0.15) is 0 Å². The van der Waals surface area contributed by atoms with E-state index in [1.165, 1.54) is 16.8 Å². The average molecular weight is 231 g/mol. The second-order valence-electron chi connectivity index (χ2n) is 4.45. The van der Waals surface area contributed by atoms with Gasteiger partial charge >= 0.3 is 0 Å². The van der Waals surface area contributed by atoms with Crippen LogP contribution in [-0.4, -0.2) is 19.3 Å². The molecule has 0 aliphatic heterocycles. The van der Waals surface area contributed by atoms with Crippen LogP contribution in [-0.2, 0) is 0 Å². The van der Waals surface area contributed by atoms with Crippen LogP contribution in [0.4, 0.5) is 11.5 Å². The van der Waals surface area contributed by atoms with E-state index in [2.05, 4.69) is 36.0 Å². The van der Waals surface area contributed by atoms with E-state index in [1.54, 1.807) is 6.07 Å². The van der Waals surface area contributed by atoms with Crippen LogP contribution in [0.1, 0.15) is 11.1 Å². The highest BCUT2D eigenvalue weighted by Crippen LogP contribution is 2.30. The molecule has 0 radical (unpaired) electrons. The van der Waals surface area contributed by atoms with Crippen molar-refractivity contribution in [2.24, 2.45) is 0 Å². The third-order valence-electron chi connectivity index (χ3n) is 2.93. The van der Waals surface area contributed by atoms with E-state index in [1.807, 2.05) is 14.1 Å². The van der Waals surface area contributed by atoms with Crippen molar-refractivity contribution >= 4 is 11.5 Å². The van der Waals surface area contributed by atoms with Crippen LogP contribution in [0.3, 0.4) is 0 Å². The van der Waals surface area contributed by atoms with Crippen molar-refractivity contribution in [2.45, 2.75) is 13.8 Å². The Morgan fingerprint density at radius 1 is 1.18 bits per heavy atom. The SMILES string of the molecule is Cc1cc(-c2cc(N)no2)cc(N(C)C)c1C. The molecule has 0 unspecified atom stereocenters. The predicted octanol–water partition coefficient (Wildman–Crippen LogP) is 2.61. The Kier molecular flexibility index (Phi) is 2.79. The molecule has 0 saturated heterocycles. The highest BCUT2D eigenvalue weighted by atomic mass is 16.5. The van der Waals surface area contributed by atoms with Crippen LogP contribution in [0.25, 0.3) is 11.3 Å². The number of aryl methyl sites for hydroxylation is 1. The van der Waals surface area contributed by atoms with Gasteiger partial charge in [-0.05, 0) is 37.1 Å². The fourth-order valence-electron chi connectivity index (χ4n) is 1.87. The smallest absolute Gasteiger partial charge is 0.169 e. The summed E-state index contributed by atoms with van der Waals surface area (Å²) in [5, 5.41) is 3.71. The quantitative estimate of drug-likeness (QED) is 0.863. The van der Waals surface area contributed by atoms with Crippen LogP contribution in [0, 0.1) is 13.8 Å². The van der Waals surface area contributed by atoms with Gasteiger partial charge in [0.05, 0.1) is 0 Å². The molecule has 0 saturated carbocycles. The number of aromatic nitrogens is 1. The molecule has 1 aromatic carbocycles. The third kappa shape index (κ3) is 2.11. The second kappa shape index (κ2) is 4.13. The van der Waals surface area contributed by atoms with E-state index < -0.39 is 0 Å². The molecule has 0 aliphatic rings. The van der Waals surface area contributed by atoms with Crippen molar-refractivity contribution < 1.29 is 4.52 Å². The van der Waals surface area contributed by atoms with Gasteiger partial charge in [0, 0.05) is 31.4 Å². The van der Waals surface area contributed by atoms with Crippen molar-refractivity contribution in [1.29, 1.82) is 0 Å². The van der Waals surface area contributed by atoms with Gasteiger partial charge in [0.15, 0.2) is 11.6 Å². The summed E-state index contributed by atoms with van der Waals surface area (Å²) in [6, 6.07) is 5.91. The maximum atomic E-state index is 5.57. The normalized spacial score (nSPS) is 10.6. The van der Waals surface area contributed by atoms with E-state index in [0.29, 0.717) is 11.6 Å². The summed E-state index contributed by atoms with van der Waals surface area (Å²) in [6.45, 7) is 4.20. The molecule has 2 aromatic rings. The number of hydrogen-bond acceptors (Lipinski definition) is 4. The van der Waals surface area contributed by atoms with E-state index in [4.69, 9.17) is 10.3 Å². The molecule has 1 heterocycles. The van der Waals surface area contributed by atoms with Gasteiger partial charge in [0.1, 0.15) is 0 Å². The molecule has 0 atom stereocenters. The highest BCUT2D eigenvalue weighted by Gasteiger charge is 2.10. The minimum Gasteiger partial charge on any atom is -0.381 e. The summed E-state index contributed by atoms with van der Waals surface area (Å²) in [4.78, 5) is 2.09. The summed E-state index contributed by atoms with van der Waals surface area (Å²) in [5.41, 5.74) is 10.2. The monoisotopic (exact) mass is 231 g/mol. The number of nitrogens with zero attached hydrogens (tertiary/aromatic N) is 2. The Hall–Kier alpha value is -1.97. The first-order valence-corrected chi connectivity index (χ1v) is 5.50. The lowest BCUT2D eigenvalue weighted by molar-refractivity contribution is 0.436. The largest absolute Gasteiger partial charge is 0.381 e. The van der Waals surface area contributed by atoms with E-state index >= 15 is 0 Å². The van der Waals surface area contributed by atoms with Crippen LogP contribution in [0.5, 0.6) is 0 Å². The Labute approximate surface area is 101 Å². The molecule has 1 aromatic heterocycles. The summed E-state index contributed by atoms with van der Waals surface area (Å²) in [5.74, 6) is 1.11. The maximum Gasteiger partial charge on any atom is 0.169 e. The standard InChI is InChI=1S/C13H17N3O/c1-8-5-10(12-7-13(14)15-17-12)6-11(9(8)2)16(3)4/h5-7H,1-4H3,(H2,14,15). The van der Waals surface area contributed by atoms with Gasteiger partial charge in [-0.15, -0.1) is 0 Å². The Balaban J connectivity index is 2.56. The topological polar surface area (TPSA) is 55.3 Å². The van der Waals surface area contributed by atoms with Gasteiger partial charge in [0.2, 0.25) is 0 Å². The summed E-state index contributed by atoms with van der Waals surface area (Å²) in [6.07, 6.45) is 0. The summed E-state index contributed by atoms with van der Waals surface area (Å²) in [7, 11) is 4.06. The molecular weight excluding hydrogens is 214 g/mol. The molecule has 4 nitrogen and oxygen atoms in total. The van der Waals surface area contributed by atoms with Gasteiger partial charge in [-0.1, -0.05) is 5.16 Å². The van der Waals surface area contributed by atoms with E-state index in [9.17, 15) is 0 Å². The lowest BCUT2D eigenvalue weighted by atomic mass is 10.0. The Bertz CT molecular complexity index is 544. The Morgan fingerprint density at radius 2 is 1.88 bits per heavy atom. The number of benzene rings is 1. The first kappa shape index (κ1) is 11.5. The minimum absolute atomic E-state index is 0.407. The van der Waals surface area contributed by atoms with Crippen molar-refractivity contribution in [2.75, 3.05) is 24.7 Å². The molecule has 90 valence electrons. The molecule has 2 N–H and O–H groups in total. The number of rotatable bonds is 2. The van der Waals surface area contributed by atoms with E-state index in [0.717, 1.165) is 5.56 Å². The van der Waals surface area contributed by atoms with Crippen LogP contribution < -0.4 is 10.6 Å². The number of nitrogens with two attached hydrogens (primary N) is 1. The van der Waals surface area contributed by atoms with Crippen LogP contribution >= 0.6 is 0 Å². The van der Waals surface area contributed by atoms with Gasteiger partial charge in [0.25, 0.3) is 0 Å². The predicted molar refractivity (Wildman–Crippen MR) is 70.2 cm³/mol. The maximum absolute atomic E-state index is 5.57. The average Bonchev–Trinajstić information content (AvgIpc) is 2.68. The van der Waals surface area contributed by atoms with Gasteiger partial charge in [-0.3, -0.25) is 0 Å². The fraction of sp³-hybridized carbons (Fsp3) is 0.308. The molecule has 0 bridgehead atoms. The van der Waals surface area contributed by atoms with Crippen LogP contribution in [0.2, 0.25) is 0 Å². The van der Waals surface area contributed by atoms with Gasteiger partial charge in [-0.25, -0.2) is 0 Å². The lowest BCUT2D eigenvalue weighted by Crippen LogP contribution is -2.11. The zero-order valence-electron chi connectivity index (χ0n) is 10.6. The molecule has 0 amide bonds. The Morgan fingerprint density at radius 3 is 2.41 bits per heavy atom. The lowest BCUT2D eigenvalue weighted by Gasteiger charge is -2.18. The molecule has 0 spiro atoms. The minimum atomic E-state index is 0.407. The molecule has 0 fully saturated rings. The summed E-state index contributed by atoms with van der Waals surface area (Å²) >= 11 is 0.